The maximum absolute atomic E-state index is 3.27. The predicted octanol–water partition coefficient (Wildman–Crippen LogP) is 3.54. The summed E-state index contributed by atoms with van der Waals surface area (Å²) in [4.78, 5) is 2.93. The van der Waals surface area contributed by atoms with Gasteiger partial charge in [-0.15, -0.1) is 11.3 Å². The zero-order valence-electron chi connectivity index (χ0n) is 10.6. The van der Waals surface area contributed by atoms with Gasteiger partial charge in [0.05, 0.1) is 0 Å². The molecule has 0 saturated carbocycles. The zero-order valence-corrected chi connectivity index (χ0v) is 11.4. The Kier molecular flexibility index (Phi) is 4.35. The van der Waals surface area contributed by atoms with Crippen LogP contribution in [0.5, 0.6) is 0 Å². The Hall–Kier alpha value is -0.340. The van der Waals surface area contributed by atoms with Gasteiger partial charge in [-0.3, -0.25) is 0 Å². The lowest BCUT2D eigenvalue weighted by Gasteiger charge is -2.24. The van der Waals surface area contributed by atoms with E-state index >= 15 is 0 Å². The minimum atomic E-state index is 0.400. The summed E-state index contributed by atoms with van der Waals surface area (Å²) in [5.74, 6) is 0. The van der Waals surface area contributed by atoms with Gasteiger partial charge in [0.15, 0.2) is 0 Å². The molecule has 15 heavy (non-hydrogen) atoms. The quantitative estimate of drug-likeness (QED) is 0.808. The molecule has 2 heteroatoms. The summed E-state index contributed by atoms with van der Waals surface area (Å²) in [6.07, 6.45) is 2.47. The number of thiophene rings is 1. The van der Waals surface area contributed by atoms with Gasteiger partial charge >= 0.3 is 0 Å². The molecule has 0 bridgehead atoms. The molecule has 1 nitrogen and oxygen atoms in total. The van der Waals surface area contributed by atoms with Crippen molar-refractivity contribution in [3.8, 4) is 0 Å². The largest absolute Gasteiger partial charge is 0.319 e. The standard InChI is InChI=1S/C13H23NS/c1-10-8-12(11(2)15-10)6-7-13(3,4)9-14-5/h8,14H,6-7,9H2,1-5H3. The summed E-state index contributed by atoms with van der Waals surface area (Å²) in [7, 11) is 2.03. The van der Waals surface area contributed by atoms with Gasteiger partial charge in [0.25, 0.3) is 0 Å². The Balaban J connectivity index is 2.53. The first-order valence-electron chi connectivity index (χ1n) is 5.65. The molecule has 1 heterocycles. The Morgan fingerprint density at radius 1 is 1.33 bits per heavy atom. The van der Waals surface area contributed by atoms with Crippen molar-refractivity contribution in [3.63, 3.8) is 0 Å². The number of hydrogen-bond acceptors (Lipinski definition) is 2. The highest BCUT2D eigenvalue weighted by atomic mass is 32.1. The van der Waals surface area contributed by atoms with Crippen molar-refractivity contribution in [1.82, 2.24) is 5.32 Å². The van der Waals surface area contributed by atoms with Crippen LogP contribution in [0.2, 0.25) is 0 Å². The van der Waals surface area contributed by atoms with Crippen molar-refractivity contribution in [1.29, 1.82) is 0 Å². The predicted molar refractivity (Wildman–Crippen MR) is 69.8 cm³/mol. The van der Waals surface area contributed by atoms with E-state index in [2.05, 4.69) is 39.1 Å². The molecule has 0 saturated heterocycles. The van der Waals surface area contributed by atoms with Gasteiger partial charge in [-0.2, -0.15) is 0 Å². The van der Waals surface area contributed by atoms with Crippen LogP contribution in [-0.4, -0.2) is 13.6 Å². The van der Waals surface area contributed by atoms with Gasteiger partial charge in [-0.1, -0.05) is 13.8 Å². The van der Waals surface area contributed by atoms with Crippen LogP contribution < -0.4 is 5.32 Å². The molecular weight excluding hydrogens is 202 g/mol. The van der Waals surface area contributed by atoms with Crippen LogP contribution >= 0.6 is 11.3 Å². The third-order valence-corrected chi connectivity index (χ3v) is 3.88. The van der Waals surface area contributed by atoms with Crippen LogP contribution in [0.3, 0.4) is 0 Å². The number of nitrogens with one attached hydrogen (secondary N) is 1. The minimum Gasteiger partial charge on any atom is -0.319 e. The molecule has 86 valence electrons. The molecule has 0 aliphatic carbocycles. The van der Waals surface area contributed by atoms with Crippen LogP contribution in [0, 0.1) is 19.3 Å². The van der Waals surface area contributed by atoms with E-state index in [-0.39, 0.29) is 0 Å². The van der Waals surface area contributed by atoms with E-state index in [4.69, 9.17) is 0 Å². The third-order valence-electron chi connectivity index (χ3n) is 2.87. The highest BCUT2D eigenvalue weighted by Crippen LogP contribution is 2.26. The first-order chi connectivity index (χ1) is 6.94. The highest BCUT2D eigenvalue weighted by molar-refractivity contribution is 7.12. The van der Waals surface area contributed by atoms with E-state index in [1.54, 1.807) is 5.56 Å². The topological polar surface area (TPSA) is 12.0 Å². The van der Waals surface area contributed by atoms with Gasteiger partial charge in [-0.25, -0.2) is 0 Å². The molecule has 1 aromatic rings. The van der Waals surface area contributed by atoms with Crippen molar-refractivity contribution in [2.45, 2.75) is 40.5 Å². The van der Waals surface area contributed by atoms with Gasteiger partial charge in [0, 0.05) is 9.75 Å². The van der Waals surface area contributed by atoms with Crippen molar-refractivity contribution < 1.29 is 0 Å². The molecule has 0 atom stereocenters. The zero-order chi connectivity index (χ0) is 11.5. The third kappa shape index (κ3) is 3.96. The monoisotopic (exact) mass is 225 g/mol. The summed E-state index contributed by atoms with van der Waals surface area (Å²) in [6.45, 7) is 10.2. The number of rotatable bonds is 5. The second-order valence-electron chi connectivity index (χ2n) is 5.13. The summed E-state index contributed by atoms with van der Waals surface area (Å²) < 4.78 is 0. The average molecular weight is 225 g/mol. The Morgan fingerprint density at radius 2 is 2.00 bits per heavy atom. The van der Waals surface area contributed by atoms with Crippen LogP contribution in [0.1, 0.15) is 35.6 Å². The molecule has 0 fully saturated rings. The summed E-state index contributed by atoms with van der Waals surface area (Å²) >= 11 is 1.92. The van der Waals surface area contributed by atoms with Crippen LogP contribution in [0.15, 0.2) is 6.07 Å². The smallest absolute Gasteiger partial charge is 0.00490 e. The fourth-order valence-electron chi connectivity index (χ4n) is 1.97. The van der Waals surface area contributed by atoms with Crippen LogP contribution in [0.25, 0.3) is 0 Å². The SMILES string of the molecule is CNCC(C)(C)CCc1cc(C)sc1C. The molecular formula is C13H23NS. The lowest BCUT2D eigenvalue weighted by atomic mass is 9.86. The Morgan fingerprint density at radius 3 is 2.47 bits per heavy atom. The molecule has 1 rings (SSSR count). The summed E-state index contributed by atoms with van der Waals surface area (Å²) in [5, 5.41) is 3.27. The van der Waals surface area contributed by atoms with Crippen LogP contribution in [-0.2, 0) is 6.42 Å². The van der Waals surface area contributed by atoms with E-state index in [0.717, 1.165) is 6.54 Å². The second-order valence-corrected chi connectivity index (χ2v) is 6.59. The number of aryl methyl sites for hydroxylation is 3. The molecule has 0 radical (unpaired) electrons. The molecule has 0 unspecified atom stereocenters. The van der Waals surface area contributed by atoms with Crippen molar-refractivity contribution in [3.05, 3.63) is 21.4 Å². The van der Waals surface area contributed by atoms with Gasteiger partial charge in [-0.05, 0) is 57.3 Å². The summed E-state index contributed by atoms with van der Waals surface area (Å²) in [6, 6.07) is 2.34. The molecule has 1 aromatic heterocycles. The fraction of sp³-hybridized carbons (Fsp3) is 0.692. The molecule has 0 aromatic carbocycles. The van der Waals surface area contributed by atoms with Crippen molar-refractivity contribution >= 4 is 11.3 Å². The first-order valence-corrected chi connectivity index (χ1v) is 6.47. The lowest BCUT2D eigenvalue weighted by molar-refractivity contribution is 0.324. The Labute approximate surface area is 97.9 Å². The van der Waals surface area contributed by atoms with E-state index in [1.165, 1.54) is 22.6 Å². The van der Waals surface area contributed by atoms with Crippen molar-refractivity contribution in [2.24, 2.45) is 5.41 Å². The normalized spacial score (nSPS) is 12.1. The number of hydrogen-bond donors (Lipinski definition) is 1. The van der Waals surface area contributed by atoms with E-state index < -0.39 is 0 Å². The van der Waals surface area contributed by atoms with Crippen LogP contribution in [0.4, 0.5) is 0 Å². The molecule has 1 N–H and O–H groups in total. The molecule has 0 aliphatic rings. The highest BCUT2D eigenvalue weighted by Gasteiger charge is 2.17. The fourth-order valence-corrected chi connectivity index (χ4v) is 2.95. The van der Waals surface area contributed by atoms with Crippen molar-refractivity contribution in [2.75, 3.05) is 13.6 Å². The minimum absolute atomic E-state index is 0.400. The molecule has 0 aliphatic heterocycles. The first kappa shape index (κ1) is 12.7. The van der Waals surface area contributed by atoms with Gasteiger partial charge in [0.2, 0.25) is 0 Å². The average Bonchev–Trinajstić information content (AvgIpc) is 2.42. The molecule has 0 spiro atoms. The maximum atomic E-state index is 3.27. The second kappa shape index (κ2) is 5.13. The van der Waals surface area contributed by atoms with E-state index in [9.17, 15) is 0 Å². The lowest BCUT2D eigenvalue weighted by Crippen LogP contribution is -2.27. The Bertz CT molecular complexity index is 312. The van der Waals surface area contributed by atoms with Gasteiger partial charge in [0.1, 0.15) is 0 Å². The van der Waals surface area contributed by atoms with Gasteiger partial charge < -0.3 is 5.32 Å². The van der Waals surface area contributed by atoms with E-state index in [1.807, 2.05) is 18.4 Å². The van der Waals surface area contributed by atoms with E-state index in [0.29, 0.717) is 5.41 Å². The maximum Gasteiger partial charge on any atom is 0.00490 e. The summed E-state index contributed by atoms with van der Waals surface area (Å²) in [5.41, 5.74) is 1.94. The molecule has 0 amide bonds.